The monoisotopic (exact) mass is 383 g/mol. The zero-order valence-electron chi connectivity index (χ0n) is 14.1. The minimum absolute atomic E-state index is 0.0248. The van der Waals surface area contributed by atoms with Crippen molar-refractivity contribution in [3.63, 3.8) is 0 Å². The van der Waals surface area contributed by atoms with E-state index < -0.39 is 18.2 Å². The lowest BCUT2D eigenvalue weighted by atomic mass is 10.1. The van der Waals surface area contributed by atoms with Crippen molar-refractivity contribution in [1.29, 1.82) is 0 Å². The Morgan fingerprint density at radius 2 is 2.08 bits per heavy atom. The number of carboxylic acid groups (broad SMARTS) is 1. The molecule has 0 aliphatic rings. The number of hydrogen-bond donors (Lipinski definition) is 1. The molecule has 0 bridgehead atoms. The summed E-state index contributed by atoms with van der Waals surface area (Å²) in [6, 6.07) is 4.18. The molecule has 3 rings (SSSR count). The summed E-state index contributed by atoms with van der Waals surface area (Å²) in [7, 11) is 1.34. The molecule has 0 aliphatic heterocycles. The summed E-state index contributed by atoms with van der Waals surface area (Å²) in [6.07, 6.45) is -2.77. The molecule has 2 heterocycles. The molecule has 4 nitrogen and oxygen atoms in total. The maximum Gasteiger partial charge on any atom is 0.307 e. The summed E-state index contributed by atoms with van der Waals surface area (Å²) in [4.78, 5) is 11.2. The summed E-state index contributed by atoms with van der Waals surface area (Å²) in [5.74, 6) is -1.55. The maximum absolute atomic E-state index is 14.2. The number of halogens is 3. The second kappa shape index (κ2) is 7.03. The number of benzene rings is 1. The molecule has 0 spiro atoms. The average molecular weight is 383 g/mol. The topological polar surface area (TPSA) is 51.5 Å². The summed E-state index contributed by atoms with van der Waals surface area (Å²) >= 11 is 0.963. The standard InChI is InChI=1S/C18H16F3NO3S/c1-9-11(5-17(23)24)12-4-15(25-2)13(19)6-14(12)22(9)7-10-3-16(18(20)21)26-8-10/h3-4,6,8,18H,5,7H2,1-2H3,(H,23,24). The van der Waals surface area contributed by atoms with E-state index in [-0.39, 0.29) is 23.6 Å². The summed E-state index contributed by atoms with van der Waals surface area (Å²) in [5.41, 5.74) is 2.36. The normalized spacial score (nSPS) is 11.5. The van der Waals surface area contributed by atoms with Gasteiger partial charge in [0.25, 0.3) is 6.43 Å². The number of aliphatic carboxylic acids is 1. The van der Waals surface area contributed by atoms with Gasteiger partial charge in [0, 0.05) is 23.7 Å². The van der Waals surface area contributed by atoms with Crippen LogP contribution in [0.3, 0.4) is 0 Å². The Labute approximate surface area is 151 Å². The molecular formula is C18H16F3NO3S. The number of carboxylic acids is 1. The second-order valence-corrected chi connectivity index (χ2v) is 6.83. The average Bonchev–Trinajstić information content (AvgIpc) is 3.13. The SMILES string of the molecule is COc1cc2c(CC(=O)O)c(C)n(Cc3csc(C(F)F)c3)c2cc1F. The minimum Gasteiger partial charge on any atom is -0.494 e. The van der Waals surface area contributed by atoms with Crippen LogP contribution in [-0.2, 0) is 17.8 Å². The molecule has 0 radical (unpaired) electrons. The van der Waals surface area contributed by atoms with Crippen molar-refractivity contribution < 1.29 is 27.8 Å². The summed E-state index contributed by atoms with van der Waals surface area (Å²) in [5, 5.41) is 11.4. The molecule has 138 valence electrons. The van der Waals surface area contributed by atoms with E-state index in [1.54, 1.807) is 16.9 Å². The number of carbonyl (C=O) groups is 1. The van der Waals surface area contributed by atoms with Crippen LogP contribution in [0.15, 0.2) is 23.6 Å². The number of ether oxygens (including phenoxy) is 1. The van der Waals surface area contributed by atoms with E-state index in [2.05, 4.69) is 0 Å². The lowest BCUT2D eigenvalue weighted by Crippen LogP contribution is -2.04. The van der Waals surface area contributed by atoms with Crippen LogP contribution in [-0.4, -0.2) is 22.8 Å². The lowest BCUT2D eigenvalue weighted by molar-refractivity contribution is -0.136. The van der Waals surface area contributed by atoms with E-state index in [1.807, 2.05) is 0 Å². The van der Waals surface area contributed by atoms with Crippen LogP contribution < -0.4 is 4.74 Å². The second-order valence-electron chi connectivity index (χ2n) is 5.88. The molecule has 0 unspecified atom stereocenters. The zero-order valence-corrected chi connectivity index (χ0v) is 14.9. The molecule has 0 saturated heterocycles. The lowest BCUT2D eigenvalue weighted by Gasteiger charge is -2.08. The smallest absolute Gasteiger partial charge is 0.307 e. The number of hydrogen-bond acceptors (Lipinski definition) is 3. The van der Waals surface area contributed by atoms with Crippen LogP contribution in [0.2, 0.25) is 0 Å². The predicted octanol–water partition coefficient (Wildman–Crippen LogP) is 4.77. The molecular weight excluding hydrogens is 367 g/mol. The van der Waals surface area contributed by atoms with Gasteiger partial charge in [0.1, 0.15) is 0 Å². The number of thiophene rings is 1. The first-order valence-electron chi connectivity index (χ1n) is 7.74. The largest absolute Gasteiger partial charge is 0.494 e. The molecule has 3 aromatic rings. The fourth-order valence-electron chi connectivity index (χ4n) is 3.06. The van der Waals surface area contributed by atoms with Crippen LogP contribution >= 0.6 is 11.3 Å². The van der Waals surface area contributed by atoms with E-state index in [0.717, 1.165) is 11.3 Å². The van der Waals surface area contributed by atoms with Crippen molar-refractivity contribution in [2.45, 2.75) is 26.3 Å². The Bertz CT molecular complexity index is 978. The number of fused-ring (bicyclic) bond motifs is 1. The van der Waals surface area contributed by atoms with Gasteiger partial charge < -0.3 is 14.4 Å². The predicted molar refractivity (Wildman–Crippen MR) is 92.9 cm³/mol. The highest BCUT2D eigenvalue weighted by Gasteiger charge is 2.20. The van der Waals surface area contributed by atoms with Crippen LogP contribution in [0.1, 0.15) is 28.1 Å². The fraction of sp³-hybridized carbons (Fsp3) is 0.278. The van der Waals surface area contributed by atoms with Crippen LogP contribution in [0.4, 0.5) is 13.2 Å². The van der Waals surface area contributed by atoms with Crippen LogP contribution in [0, 0.1) is 12.7 Å². The van der Waals surface area contributed by atoms with Crippen molar-refractivity contribution in [1.82, 2.24) is 4.57 Å². The summed E-state index contributed by atoms with van der Waals surface area (Å²) < 4.78 is 46.6. The Balaban J connectivity index is 2.15. The van der Waals surface area contributed by atoms with E-state index in [0.29, 0.717) is 27.7 Å². The molecule has 8 heteroatoms. The van der Waals surface area contributed by atoms with Crippen LogP contribution in [0.5, 0.6) is 5.75 Å². The van der Waals surface area contributed by atoms with Crippen molar-refractivity contribution in [3.05, 3.63) is 51.1 Å². The first kappa shape index (κ1) is 18.3. The molecule has 26 heavy (non-hydrogen) atoms. The molecule has 1 aromatic carbocycles. The van der Waals surface area contributed by atoms with E-state index in [4.69, 9.17) is 4.74 Å². The number of alkyl halides is 2. The molecule has 0 atom stereocenters. The van der Waals surface area contributed by atoms with Gasteiger partial charge in [0.05, 0.1) is 23.9 Å². The molecule has 1 N–H and O–H groups in total. The Morgan fingerprint density at radius 3 is 2.65 bits per heavy atom. The molecule has 2 aromatic heterocycles. The number of methoxy groups -OCH3 is 1. The van der Waals surface area contributed by atoms with Gasteiger partial charge in [-0.05, 0) is 35.6 Å². The molecule has 0 amide bonds. The van der Waals surface area contributed by atoms with Crippen molar-refractivity contribution >= 4 is 28.2 Å². The third-order valence-electron chi connectivity index (χ3n) is 4.29. The maximum atomic E-state index is 14.2. The van der Waals surface area contributed by atoms with Gasteiger partial charge in [-0.1, -0.05) is 0 Å². The van der Waals surface area contributed by atoms with Gasteiger partial charge in [-0.15, -0.1) is 11.3 Å². The van der Waals surface area contributed by atoms with Crippen molar-refractivity contribution in [2.75, 3.05) is 7.11 Å². The summed E-state index contributed by atoms with van der Waals surface area (Å²) in [6.45, 7) is 1.99. The molecule has 0 aliphatic carbocycles. The number of rotatable bonds is 6. The Morgan fingerprint density at radius 1 is 1.35 bits per heavy atom. The highest BCUT2D eigenvalue weighted by Crippen LogP contribution is 2.33. The van der Waals surface area contributed by atoms with Gasteiger partial charge in [-0.25, -0.2) is 13.2 Å². The van der Waals surface area contributed by atoms with Gasteiger partial charge in [-0.2, -0.15) is 0 Å². The fourth-order valence-corrected chi connectivity index (χ4v) is 3.81. The highest BCUT2D eigenvalue weighted by molar-refractivity contribution is 7.10. The first-order chi connectivity index (χ1) is 12.3. The van der Waals surface area contributed by atoms with E-state index in [1.165, 1.54) is 25.3 Å². The highest BCUT2D eigenvalue weighted by atomic mass is 32.1. The zero-order chi connectivity index (χ0) is 19.0. The molecule has 0 fully saturated rings. The van der Waals surface area contributed by atoms with Gasteiger partial charge >= 0.3 is 5.97 Å². The third kappa shape index (κ3) is 3.29. The Hall–Kier alpha value is -2.48. The van der Waals surface area contributed by atoms with E-state index in [9.17, 15) is 23.1 Å². The van der Waals surface area contributed by atoms with Crippen molar-refractivity contribution in [2.24, 2.45) is 0 Å². The Kier molecular flexibility index (Phi) is 4.95. The van der Waals surface area contributed by atoms with Crippen LogP contribution in [0.25, 0.3) is 10.9 Å². The van der Waals surface area contributed by atoms with Gasteiger partial charge in [0.2, 0.25) is 0 Å². The van der Waals surface area contributed by atoms with Gasteiger partial charge in [0.15, 0.2) is 11.6 Å². The minimum atomic E-state index is -2.54. The van der Waals surface area contributed by atoms with Gasteiger partial charge in [-0.3, -0.25) is 4.79 Å². The molecule has 0 saturated carbocycles. The first-order valence-corrected chi connectivity index (χ1v) is 8.62. The van der Waals surface area contributed by atoms with Crippen molar-refractivity contribution in [3.8, 4) is 5.75 Å². The van der Waals surface area contributed by atoms with E-state index >= 15 is 0 Å². The number of aromatic nitrogens is 1. The quantitative estimate of drug-likeness (QED) is 0.667. The third-order valence-corrected chi connectivity index (χ3v) is 5.27. The number of nitrogens with zero attached hydrogens (tertiary/aromatic N) is 1.